The van der Waals surface area contributed by atoms with E-state index in [1.807, 2.05) is 26.8 Å². The van der Waals surface area contributed by atoms with Gasteiger partial charge in [0, 0.05) is 42.3 Å². The molecule has 1 unspecified atom stereocenters. The number of nitrogens with zero attached hydrogens (tertiary/aromatic N) is 2. The van der Waals surface area contributed by atoms with Crippen LogP contribution in [-0.4, -0.2) is 8.07 Å². The van der Waals surface area contributed by atoms with Crippen molar-refractivity contribution in [3.63, 3.8) is 0 Å². The molecule has 3 aromatic heterocycles. The fourth-order valence-corrected chi connectivity index (χ4v) is 10.6. The molecular weight excluding hydrogens is 661 g/mol. The molecule has 0 radical (unpaired) electrons. The van der Waals surface area contributed by atoms with E-state index in [1.165, 1.54) is 48.9 Å². The smallest absolute Gasteiger partial charge is 0.417 e. The summed E-state index contributed by atoms with van der Waals surface area (Å²) in [7, 11) is -1.72. The molecule has 0 amide bonds. The summed E-state index contributed by atoms with van der Waals surface area (Å²) in [5, 5.41) is 10.7. The summed E-state index contributed by atoms with van der Waals surface area (Å²) in [5.41, 5.74) is 7.73. The van der Waals surface area contributed by atoms with E-state index in [9.17, 15) is 2.74 Å². The Bertz CT molecular complexity index is 3130. The van der Waals surface area contributed by atoms with Crippen LogP contribution in [0.3, 0.4) is 0 Å². The van der Waals surface area contributed by atoms with Crippen LogP contribution in [-0.2, 0) is 12.0 Å². The Morgan fingerprint density at radius 3 is 1.98 bits per heavy atom. The Balaban J connectivity index is 1.32. The Morgan fingerprint density at radius 2 is 1.25 bits per heavy atom. The van der Waals surface area contributed by atoms with Crippen molar-refractivity contribution in [3.05, 3.63) is 150 Å². The summed E-state index contributed by atoms with van der Waals surface area (Å²) in [6.45, 7) is 13.2. The van der Waals surface area contributed by atoms with Crippen molar-refractivity contribution >= 4 is 67.5 Å². The summed E-state index contributed by atoms with van der Waals surface area (Å²) >= 11 is 0. The van der Waals surface area contributed by atoms with Gasteiger partial charge in [-0.05, 0) is 74.6 Å². The van der Waals surface area contributed by atoms with Crippen LogP contribution < -0.4 is 14.3 Å². The number of benzene rings is 6. The molecule has 0 N–H and O–H groups in total. The lowest BCUT2D eigenvalue weighted by atomic mass is 9.88. The summed E-state index contributed by atoms with van der Waals surface area (Å²) in [4.78, 5) is 0. The van der Waals surface area contributed by atoms with Gasteiger partial charge in [-0.2, -0.15) is 0 Å². The Hall–Kier alpha value is -5.58. The van der Waals surface area contributed by atoms with Crippen LogP contribution in [0.5, 0.6) is 0 Å². The number of aromatic nitrogens is 2. The number of furan rings is 1. The van der Waals surface area contributed by atoms with Gasteiger partial charge in [-0.3, -0.25) is 0 Å². The summed E-state index contributed by atoms with van der Waals surface area (Å²) in [6, 6.07) is 44.0. The lowest BCUT2D eigenvalue weighted by molar-refractivity contribution is -0.954. The van der Waals surface area contributed by atoms with Crippen LogP contribution in [0.2, 0.25) is 19.6 Å². The highest BCUT2D eigenvalue weighted by Crippen LogP contribution is 2.51. The molecule has 3 nitrogen and oxygen atoms in total. The molecule has 1 atom stereocenters. The van der Waals surface area contributed by atoms with Crippen LogP contribution in [0.4, 0.5) is 0 Å². The molecule has 11 rings (SSSR count). The normalized spacial score (nSPS) is 17.1. The van der Waals surface area contributed by atoms with Gasteiger partial charge in [-0.25, -0.2) is 0 Å². The zero-order valence-corrected chi connectivity index (χ0v) is 32.0. The largest absolute Gasteiger partial charge is 0.454 e. The first kappa shape index (κ1) is 28.9. The quantitative estimate of drug-likeness (QED) is 0.0997. The summed E-state index contributed by atoms with van der Waals surface area (Å²) < 4.78 is 31.1. The third kappa shape index (κ3) is 4.05. The van der Waals surface area contributed by atoms with Crippen molar-refractivity contribution in [1.82, 2.24) is 0 Å². The summed E-state index contributed by atoms with van der Waals surface area (Å²) in [5.74, 6) is 0. The summed E-state index contributed by atoms with van der Waals surface area (Å²) in [6.07, 6.45) is 2.96. The third-order valence-corrected chi connectivity index (χ3v) is 13.7. The number of fused-ring (bicyclic) bond motifs is 21. The fraction of sp³-hybridized carbons (Fsp3) is 0.184. The van der Waals surface area contributed by atoms with Crippen molar-refractivity contribution < 1.29 is 16.3 Å². The van der Waals surface area contributed by atoms with Crippen LogP contribution in [0.15, 0.2) is 138 Å². The average molecular weight is 705 g/mol. The molecular formula is C49H42N2OSi+2. The minimum Gasteiger partial charge on any atom is -0.454 e. The minimum absolute atomic E-state index is 0.618. The molecule has 0 saturated carbocycles. The number of rotatable bonds is 2. The Labute approximate surface area is 313 Å². The molecule has 256 valence electrons. The molecule has 1 spiro atoms. The molecule has 9 aromatic rings. The van der Waals surface area contributed by atoms with Crippen molar-refractivity contribution in [3.8, 4) is 22.5 Å². The molecule has 0 aliphatic carbocycles. The SMILES string of the molecule is [2H]C([2H])(c1cc[n+]2c(c1)-c1c(ccc3c1oc1c3ccc3c4ccccc4c4ccccc4c31)C21c2ccccc2-c2ccc([Si](C)(C)C)c[n+]21)C(C)(C)C. The van der Waals surface area contributed by atoms with Gasteiger partial charge in [0.2, 0.25) is 11.4 Å². The molecule has 53 heavy (non-hydrogen) atoms. The van der Waals surface area contributed by atoms with Gasteiger partial charge in [-0.1, -0.05) is 113 Å². The van der Waals surface area contributed by atoms with Crippen molar-refractivity contribution in [2.24, 2.45) is 5.41 Å². The topological polar surface area (TPSA) is 20.9 Å². The van der Waals surface area contributed by atoms with Crippen LogP contribution in [0.1, 0.15) is 40.2 Å². The molecule has 6 aromatic carbocycles. The molecule has 0 fully saturated rings. The molecule has 4 heteroatoms. The van der Waals surface area contributed by atoms with Gasteiger partial charge in [0.1, 0.15) is 27.9 Å². The van der Waals surface area contributed by atoms with E-state index in [0.717, 1.165) is 44.1 Å². The van der Waals surface area contributed by atoms with Crippen LogP contribution >= 0.6 is 0 Å². The maximum Gasteiger partial charge on any atom is 0.417 e. The van der Waals surface area contributed by atoms with E-state index in [1.54, 1.807) is 0 Å². The first-order valence-electron chi connectivity index (χ1n) is 19.8. The standard InChI is InChI=1S/C49H42N2OSi/c1-48(2,3)28-30-25-26-50-43(27-30)45-41(49(50)40-18-12-11-17-39(40)42-24-19-31(29-51(42)49)53(4,5)6)23-22-38-37-21-20-36-34-15-8-7-13-32(34)33-14-9-10-16-35(33)44(36)46(37)52-47(38)45/h7-27,29H,28H2,1-6H3/q+2/i28D2. The monoisotopic (exact) mass is 704 g/mol. The van der Waals surface area contributed by atoms with Gasteiger partial charge in [0.05, 0.1) is 13.6 Å². The maximum absolute atomic E-state index is 9.41. The van der Waals surface area contributed by atoms with Crippen molar-refractivity contribution in [2.45, 2.75) is 52.4 Å². The number of hydrogen-bond acceptors (Lipinski definition) is 1. The van der Waals surface area contributed by atoms with E-state index >= 15 is 0 Å². The lowest BCUT2D eigenvalue weighted by Crippen LogP contribution is -2.72. The molecule has 2 aliphatic rings. The third-order valence-electron chi connectivity index (χ3n) is 11.7. The van der Waals surface area contributed by atoms with E-state index in [4.69, 9.17) is 4.42 Å². The minimum atomic E-state index is -1.72. The van der Waals surface area contributed by atoms with E-state index in [2.05, 4.69) is 156 Å². The van der Waals surface area contributed by atoms with Gasteiger partial charge in [0.25, 0.3) is 0 Å². The highest BCUT2D eigenvalue weighted by Gasteiger charge is 2.67. The van der Waals surface area contributed by atoms with Gasteiger partial charge >= 0.3 is 5.66 Å². The second-order valence-electron chi connectivity index (χ2n) is 17.1. The maximum atomic E-state index is 9.41. The fourth-order valence-electron chi connectivity index (χ4n) is 9.54. The lowest BCUT2D eigenvalue weighted by Gasteiger charge is -2.20. The van der Waals surface area contributed by atoms with Crippen LogP contribution in [0.25, 0.3) is 76.8 Å². The van der Waals surface area contributed by atoms with E-state index in [0.29, 0.717) is 5.56 Å². The highest BCUT2D eigenvalue weighted by atomic mass is 28.3. The number of hydrogen-bond donors (Lipinski definition) is 0. The second-order valence-corrected chi connectivity index (χ2v) is 22.2. The van der Waals surface area contributed by atoms with Crippen LogP contribution in [0, 0.1) is 5.41 Å². The zero-order valence-electron chi connectivity index (χ0n) is 33.0. The predicted octanol–water partition coefficient (Wildman–Crippen LogP) is 11.0. The van der Waals surface area contributed by atoms with Crippen molar-refractivity contribution in [1.29, 1.82) is 0 Å². The second kappa shape index (κ2) is 10.3. The zero-order chi connectivity index (χ0) is 37.8. The number of pyridine rings is 2. The van der Waals surface area contributed by atoms with Gasteiger partial charge < -0.3 is 4.42 Å². The molecule has 5 heterocycles. The Morgan fingerprint density at radius 1 is 0.623 bits per heavy atom. The predicted molar refractivity (Wildman–Crippen MR) is 222 cm³/mol. The molecule has 0 bridgehead atoms. The first-order valence-corrected chi connectivity index (χ1v) is 22.3. The highest BCUT2D eigenvalue weighted by molar-refractivity contribution is 6.88. The van der Waals surface area contributed by atoms with Gasteiger partial charge in [0.15, 0.2) is 12.4 Å². The molecule has 0 saturated heterocycles. The van der Waals surface area contributed by atoms with Gasteiger partial charge in [-0.15, -0.1) is 9.13 Å². The Kier molecular flexibility index (Phi) is 5.62. The average Bonchev–Trinajstić information content (AvgIpc) is 3.80. The molecule has 2 aliphatic heterocycles. The van der Waals surface area contributed by atoms with E-state index < -0.39 is 25.5 Å². The van der Waals surface area contributed by atoms with E-state index in [-0.39, 0.29) is 0 Å². The van der Waals surface area contributed by atoms with Crippen molar-refractivity contribution in [2.75, 3.05) is 0 Å². The first-order chi connectivity index (χ1) is 26.3.